The quantitative estimate of drug-likeness (QED) is 0.118. The van der Waals surface area contributed by atoms with Crippen LogP contribution in [0.5, 0.6) is 0 Å². The molecule has 1 aliphatic heterocycles. The molecule has 0 saturated carbocycles. The first kappa shape index (κ1) is 32.0. The van der Waals surface area contributed by atoms with Crippen LogP contribution in [0.1, 0.15) is 153 Å². The van der Waals surface area contributed by atoms with Gasteiger partial charge in [0.05, 0.1) is 0 Å². The molecule has 0 N–H and O–H groups in total. The topological polar surface area (TPSA) is 25.3 Å². The maximum absolute atomic E-state index is 12.0. The van der Waals surface area contributed by atoms with Crippen LogP contribution >= 0.6 is 0 Å². The number of benzene rings is 2. The van der Waals surface area contributed by atoms with E-state index in [1.54, 1.807) is 4.70 Å². The van der Waals surface area contributed by atoms with Crippen LogP contribution in [0.2, 0.25) is 0 Å². The smallest absolute Gasteiger partial charge is 0.211 e. The molecule has 0 atom stereocenters. The zero-order valence-electron chi connectivity index (χ0n) is 26.2. The van der Waals surface area contributed by atoms with Gasteiger partial charge in [-0.25, -0.2) is 4.70 Å². The summed E-state index contributed by atoms with van der Waals surface area (Å²) < 4.78 is 1.58. The Kier molecular flexibility index (Phi) is 14.5. The number of unbranched alkanes of at least 4 members (excludes halogenated alkanes) is 10. The zero-order chi connectivity index (χ0) is 28.6. The van der Waals surface area contributed by atoms with Gasteiger partial charge in [-0.3, -0.25) is 0 Å². The van der Waals surface area contributed by atoms with Crippen LogP contribution in [0.25, 0.3) is 16.9 Å². The maximum atomic E-state index is 12.0. The van der Waals surface area contributed by atoms with Crippen molar-refractivity contribution in [1.82, 2.24) is 0 Å². The lowest BCUT2D eigenvalue weighted by atomic mass is 9.91. The largest absolute Gasteiger partial charge is 0.493 e. The summed E-state index contributed by atoms with van der Waals surface area (Å²) in [5.74, 6) is 0. The summed E-state index contributed by atoms with van der Waals surface area (Å²) in [5.41, 5.74) is 21.9. The van der Waals surface area contributed by atoms with E-state index in [1.807, 2.05) is 0 Å². The van der Waals surface area contributed by atoms with Crippen molar-refractivity contribution in [2.24, 2.45) is 0 Å². The van der Waals surface area contributed by atoms with E-state index in [0.717, 1.165) is 55.5 Å². The van der Waals surface area contributed by atoms with Crippen molar-refractivity contribution >= 4 is 11.4 Å². The second kappa shape index (κ2) is 18.1. The standard InChI is InChI=1S/C38H56N2/c1-5-9-13-14-15-18-28-36-35(27-12-8-4)37(33-25-19-23-31(29-33)21-16-10-6-2)40(39)38(36)34-26-20-24-32(30-34)22-17-11-7-3/h19-20,23-26,29-30H,5-18,21-22,27-28H2,1-4H3. The normalized spacial score (nSPS) is 13.7. The van der Waals surface area contributed by atoms with Gasteiger partial charge in [0.1, 0.15) is 0 Å². The number of hydrogen-bond donors (Lipinski definition) is 0. The van der Waals surface area contributed by atoms with Crippen LogP contribution in [-0.4, -0.2) is 4.70 Å². The molecule has 2 heteroatoms. The molecule has 0 bridgehead atoms. The second-order valence-corrected chi connectivity index (χ2v) is 11.9. The molecule has 40 heavy (non-hydrogen) atoms. The Morgan fingerprint density at radius 2 is 0.875 bits per heavy atom. The van der Waals surface area contributed by atoms with E-state index in [4.69, 9.17) is 0 Å². The molecule has 0 radical (unpaired) electrons. The Morgan fingerprint density at radius 1 is 0.475 bits per heavy atom. The molecular weight excluding hydrogens is 484 g/mol. The van der Waals surface area contributed by atoms with Crippen molar-refractivity contribution in [2.75, 3.05) is 0 Å². The van der Waals surface area contributed by atoms with Crippen LogP contribution in [0.4, 0.5) is 0 Å². The highest BCUT2D eigenvalue weighted by molar-refractivity contribution is 5.82. The van der Waals surface area contributed by atoms with E-state index in [0.29, 0.717) is 0 Å². The Balaban J connectivity index is 2.00. The first-order valence-corrected chi connectivity index (χ1v) is 16.8. The molecule has 218 valence electrons. The third-order valence-corrected chi connectivity index (χ3v) is 8.46. The predicted octanol–water partition coefficient (Wildman–Crippen LogP) is 12.3. The average Bonchev–Trinajstić information content (AvgIpc) is 3.25. The van der Waals surface area contributed by atoms with Crippen LogP contribution in [0, 0.1) is 0 Å². The summed E-state index contributed by atoms with van der Waals surface area (Å²) in [4.78, 5) is 0. The van der Waals surface area contributed by atoms with Gasteiger partial charge in [-0.05, 0) is 86.8 Å². The van der Waals surface area contributed by atoms with Crippen molar-refractivity contribution < 1.29 is 4.70 Å². The number of nitrogens with zero attached hydrogens (tertiary/aromatic N) is 2. The van der Waals surface area contributed by atoms with Gasteiger partial charge < -0.3 is 5.53 Å². The molecule has 0 spiro atoms. The van der Waals surface area contributed by atoms with Crippen LogP contribution < -0.4 is 0 Å². The van der Waals surface area contributed by atoms with E-state index in [-0.39, 0.29) is 0 Å². The minimum Gasteiger partial charge on any atom is -0.493 e. The zero-order valence-corrected chi connectivity index (χ0v) is 26.2. The van der Waals surface area contributed by atoms with Gasteiger partial charge in [0.15, 0.2) is 0 Å². The SMILES string of the molecule is CCCCCCCCC1=C(c2cccc(CCCCC)c2)[N+](=[N-])C(c2cccc(CCCCC)c2)=C1CCCC. The number of rotatable bonds is 20. The van der Waals surface area contributed by atoms with Crippen molar-refractivity contribution in [1.29, 1.82) is 0 Å². The second-order valence-electron chi connectivity index (χ2n) is 11.9. The van der Waals surface area contributed by atoms with Gasteiger partial charge in [-0.2, -0.15) is 0 Å². The van der Waals surface area contributed by atoms with Crippen molar-refractivity contribution in [3.8, 4) is 0 Å². The molecule has 2 aromatic carbocycles. The first-order valence-electron chi connectivity index (χ1n) is 16.8. The molecule has 0 aromatic heterocycles. The van der Waals surface area contributed by atoms with Crippen molar-refractivity contribution in [3.63, 3.8) is 0 Å². The Bertz CT molecular complexity index is 1120. The summed E-state index contributed by atoms with van der Waals surface area (Å²) in [6.45, 7) is 9.09. The minimum absolute atomic E-state index is 1.02. The predicted molar refractivity (Wildman–Crippen MR) is 174 cm³/mol. The molecule has 0 aliphatic carbocycles. The van der Waals surface area contributed by atoms with E-state index >= 15 is 0 Å². The maximum Gasteiger partial charge on any atom is 0.211 e. The first-order chi connectivity index (χ1) is 19.6. The molecule has 0 amide bonds. The van der Waals surface area contributed by atoms with Gasteiger partial charge >= 0.3 is 0 Å². The van der Waals surface area contributed by atoms with Gasteiger partial charge in [-0.15, -0.1) is 0 Å². The summed E-state index contributed by atoms with van der Waals surface area (Å²) in [7, 11) is 0. The molecular formula is C38H56N2. The fraction of sp³-hybridized carbons (Fsp3) is 0.579. The molecule has 0 fully saturated rings. The molecule has 2 nitrogen and oxygen atoms in total. The molecule has 1 aliphatic rings. The number of aryl methyl sites for hydroxylation is 2. The summed E-state index contributed by atoms with van der Waals surface area (Å²) >= 11 is 0. The van der Waals surface area contributed by atoms with E-state index in [9.17, 15) is 5.53 Å². The molecule has 1 heterocycles. The van der Waals surface area contributed by atoms with Gasteiger partial charge in [0.25, 0.3) is 0 Å². The lowest BCUT2D eigenvalue weighted by Crippen LogP contribution is -2.03. The summed E-state index contributed by atoms with van der Waals surface area (Å²) in [5, 5.41) is 0. The van der Waals surface area contributed by atoms with Crippen LogP contribution in [0.3, 0.4) is 0 Å². The third kappa shape index (κ3) is 9.28. The Labute approximate surface area is 246 Å². The highest BCUT2D eigenvalue weighted by atomic mass is 15.2. The van der Waals surface area contributed by atoms with Crippen molar-refractivity contribution in [3.05, 3.63) is 87.5 Å². The van der Waals surface area contributed by atoms with Gasteiger partial charge in [0.2, 0.25) is 11.4 Å². The highest BCUT2D eigenvalue weighted by Gasteiger charge is 2.35. The molecule has 0 saturated heterocycles. The molecule has 3 rings (SSSR count). The van der Waals surface area contributed by atoms with Crippen LogP contribution in [-0.2, 0) is 12.8 Å². The summed E-state index contributed by atoms with van der Waals surface area (Å²) in [6, 6.07) is 18.0. The third-order valence-electron chi connectivity index (χ3n) is 8.46. The van der Waals surface area contributed by atoms with Gasteiger partial charge in [0, 0.05) is 22.3 Å². The lowest BCUT2D eigenvalue weighted by Gasteiger charge is -2.12. The minimum atomic E-state index is 1.02. The summed E-state index contributed by atoms with van der Waals surface area (Å²) in [6.07, 6.45) is 21.8. The fourth-order valence-electron chi connectivity index (χ4n) is 6.13. The van der Waals surface area contributed by atoms with E-state index in [2.05, 4.69) is 76.2 Å². The molecule has 0 unspecified atom stereocenters. The lowest BCUT2D eigenvalue weighted by molar-refractivity contribution is -0.345. The van der Waals surface area contributed by atoms with Crippen LogP contribution in [0.15, 0.2) is 59.7 Å². The average molecular weight is 541 g/mol. The number of hydrogen-bond acceptors (Lipinski definition) is 0. The van der Waals surface area contributed by atoms with Crippen molar-refractivity contribution in [2.45, 2.75) is 143 Å². The highest BCUT2D eigenvalue weighted by Crippen LogP contribution is 2.44. The fourth-order valence-corrected chi connectivity index (χ4v) is 6.13. The molecule has 2 aromatic rings. The monoisotopic (exact) mass is 540 g/mol. The number of allylic oxidation sites excluding steroid dienone is 2. The van der Waals surface area contributed by atoms with E-state index in [1.165, 1.54) is 105 Å². The Morgan fingerprint density at radius 3 is 1.38 bits per heavy atom. The Hall–Kier alpha value is -2.48. The van der Waals surface area contributed by atoms with Gasteiger partial charge in [-0.1, -0.05) is 116 Å². The van der Waals surface area contributed by atoms with E-state index < -0.39 is 0 Å².